The van der Waals surface area contributed by atoms with E-state index >= 15 is 0 Å². The fourth-order valence-electron chi connectivity index (χ4n) is 5.34. The van der Waals surface area contributed by atoms with Crippen LogP contribution in [-0.2, 0) is 23.9 Å². The van der Waals surface area contributed by atoms with Gasteiger partial charge in [0.2, 0.25) is 5.41 Å². The number of fused-ring (bicyclic) bond motifs is 4. The molecule has 34 heavy (non-hydrogen) atoms. The Morgan fingerprint density at radius 1 is 1.06 bits per heavy atom. The highest BCUT2D eigenvalue weighted by Gasteiger charge is 2.74. The lowest BCUT2D eigenvalue weighted by atomic mass is 9.65. The van der Waals surface area contributed by atoms with E-state index in [1.807, 2.05) is 0 Å². The van der Waals surface area contributed by atoms with Gasteiger partial charge < -0.3 is 9.47 Å². The van der Waals surface area contributed by atoms with Gasteiger partial charge in [0.1, 0.15) is 12.1 Å². The summed E-state index contributed by atoms with van der Waals surface area (Å²) in [5.41, 5.74) is -0.412. The molecular formula is C24H21N3O7. The number of nitrogens with zero attached hydrogens (tertiary/aromatic N) is 3. The predicted molar refractivity (Wildman–Crippen MR) is 118 cm³/mol. The number of ether oxygens (including phenoxy) is 2. The summed E-state index contributed by atoms with van der Waals surface area (Å²) in [5, 5.41) is 17.1. The second kappa shape index (κ2) is 7.21. The highest BCUT2D eigenvalue weighted by molar-refractivity contribution is 6.07. The number of ketones is 1. The fraction of sp³-hybridized carbons (Fsp3) is 0.333. The van der Waals surface area contributed by atoms with E-state index in [4.69, 9.17) is 9.47 Å². The third kappa shape index (κ3) is 2.87. The van der Waals surface area contributed by atoms with Gasteiger partial charge in [-0.25, -0.2) is 0 Å². The molecule has 2 aromatic rings. The van der Waals surface area contributed by atoms with Gasteiger partial charge in [-0.2, -0.15) is 5.10 Å². The van der Waals surface area contributed by atoms with E-state index in [2.05, 4.69) is 5.10 Å². The average Bonchev–Trinajstić information content (AvgIpc) is 3.10. The normalized spacial score (nSPS) is 25.9. The van der Waals surface area contributed by atoms with E-state index in [-0.39, 0.29) is 11.5 Å². The Morgan fingerprint density at radius 2 is 1.68 bits per heavy atom. The van der Waals surface area contributed by atoms with E-state index in [0.717, 1.165) is 0 Å². The number of cyclic esters (lactones) is 2. The minimum absolute atomic E-state index is 0.161. The molecule has 10 heteroatoms. The van der Waals surface area contributed by atoms with Crippen LogP contribution in [0.25, 0.3) is 0 Å². The minimum atomic E-state index is -1.96. The van der Waals surface area contributed by atoms with Crippen LogP contribution in [0.15, 0.2) is 53.6 Å². The van der Waals surface area contributed by atoms with Gasteiger partial charge in [-0.15, -0.1) is 0 Å². The Morgan fingerprint density at radius 3 is 2.26 bits per heavy atom. The molecule has 174 valence electrons. The number of esters is 2. The lowest BCUT2D eigenvalue weighted by Crippen LogP contribution is -2.58. The number of nitro benzene ring substituents is 1. The number of benzene rings is 2. The molecule has 0 unspecified atom stereocenters. The van der Waals surface area contributed by atoms with Gasteiger partial charge in [0.05, 0.1) is 11.1 Å². The molecule has 0 saturated carbocycles. The molecule has 3 heterocycles. The van der Waals surface area contributed by atoms with Crippen molar-refractivity contribution in [3.05, 3.63) is 75.3 Å². The number of carbonyl (C=O) groups is 3. The van der Waals surface area contributed by atoms with Gasteiger partial charge in [0, 0.05) is 31.9 Å². The third-order valence-electron chi connectivity index (χ3n) is 6.64. The summed E-state index contributed by atoms with van der Waals surface area (Å²) >= 11 is 0. The molecule has 2 fully saturated rings. The number of hydrazone groups is 1. The standard InChI is InChI=1S/C24H21N3O7/c1-13(28)19-18(14-8-10-16(11-9-14)27(31)32)24(21(29)33-23(2,3)34-22(24)30)20-17-7-5-4-6-15(17)12-25-26(19)20/h4-12,18-20H,1-3H3/t18-,19-,20-/m0/s1. The molecule has 5 rings (SSSR count). The third-order valence-corrected chi connectivity index (χ3v) is 6.64. The number of Topliss-reactive ketones (excluding diaryl/α,β-unsaturated/α-hetero) is 1. The molecule has 2 saturated heterocycles. The zero-order valence-corrected chi connectivity index (χ0v) is 18.6. The summed E-state index contributed by atoms with van der Waals surface area (Å²) < 4.78 is 11.2. The summed E-state index contributed by atoms with van der Waals surface area (Å²) in [6, 6.07) is 10.6. The first-order chi connectivity index (χ1) is 16.1. The summed E-state index contributed by atoms with van der Waals surface area (Å²) in [6.45, 7) is 4.27. The van der Waals surface area contributed by atoms with Crippen LogP contribution in [0.1, 0.15) is 49.4 Å². The van der Waals surface area contributed by atoms with Crippen LogP contribution in [-0.4, -0.2) is 45.7 Å². The van der Waals surface area contributed by atoms with Crippen LogP contribution < -0.4 is 0 Å². The molecule has 0 radical (unpaired) electrons. The summed E-state index contributed by atoms with van der Waals surface area (Å²) in [6.07, 6.45) is 1.58. The van der Waals surface area contributed by atoms with Crippen molar-refractivity contribution in [2.45, 2.75) is 44.6 Å². The first kappa shape index (κ1) is 21.7. The van der Waals surface area contributed by atoms with Crippen LogP contribution in [0.2, 0.25) is 0 Å². The topological polar surface area (TPSA) is 128 Å². The largest absolute Gasteiger partial charge is 0.422 e. The summed E-state index contributed by atoms with van der Waals surface area (Å²) in [5.74, 6) is -4.54. The molecule has 10 nitrogen and oxygen atoms in total. The van der Waals surface area contributed by atoms with Crippen LogP contribution in [0, 0.1) is 15.5 Å². The molecule has 0 amide bonds. The minimum Gasteiger partial charge on any atom is -0.422 e. The maximum atomic E-state index is 13.8. The SMILES string of the molecule is CC(=O)[C@H]1[C@H](c2ccc([N+](=O)[O-])cc2)C2(C(=O)OC(C)(C)OC2=O)[C@@H]2c3ccccc3C=NN21. The number of hydrogen-bond acceptors (Lipinski definition) is 9. The van der Waals surface area contributed by atoms with Crippen molar-refractivity contribution in [3.8, 4) is 0 Å². The molecule has 0 N–H and O–H groups in total. The van der Waals surface area contributed by atoms with Gasteiger partial charge in [-0.1, -0.05) is 36.4 Å². The van der Waals surface area contributed by atoms with Gasteiger partial charge in [0.25, 0.3) is 11.5 Å². The molecule has 3 aliphatic heterocycles. The summed E-state index contributed by atoms with van der Waals surface area (Å²) in [7, 11) is 0. The maximum absolute atomic E-state index is 13.8. The molecule has 0 aliphatic carbocycles. The number of hydrogen-bond donors (Lipinski definition) is 0. The zero-order valence-electron chi connectivity index (χ0n) is 18.6. The Hall–Kier alpha value is -4.08. The quantitative estimate of drug-likeness (QED) is 0.294. The molecule has 3 aliphatic rings. The zero-order chi connectivity index (χ0) is 24.4. The second-order valence-electron chi connectivity index (χ2n) is 9.09. The lowest BCUT2D eigenvalue weighted by molar-refractivity contribution is -0.384. The van der Waals surface area contributed by atoms with Crippen LogP contribution in [0.5, 0.6) is 0 Å². The maximum Gasteiger partial charge on any atom is 0.330 e. The van der Waals surface area contributed by atoms with Gasteiger partial charge in [-0.3, -0.25) is 29.5 Å². The van der Waals surface area contributed by atoms with Crippen LogP contribution in [0.3, 0.4) is 0 Å². The van der Waals surface area contributed by atoms with Crippen molar-refractivity contribution >= 4 is 29.6 Å². The Labute approximate surface area is 194 Å². The van der Waals surface area contributed by atoms with Gasteiger partial charge in [-0.05, 0) is 23.6 Å². The van der Waals surface area contributed by atoms with Crippen molar-refractivity contribution < 1.29 is 28.8 Å². The molecular weight excluding hydrogens is 442 g/mol. The Bertz CT molecular complexity index is 1250. The van der Waals surface area contributed by atoms with E-state index in [1.165, 1.54) is 50.0 Å². The monoisotopic (exact) mass is 463 g/mol. The first-order valence-electron chi connectivity index (χ1n) is 10.7. The van der Waals surface area contributed by atoms with Gasteiger partial charge in [0.15, 0.2) is 5.78 Å². The van der Waals surface area contributed by atoms with E-state index < -0.39 is 46.1 Å². The summed E-state index contributed by atoms with van der Waals surface area (Å²) in [4.78, 5) is 51.3. The van der Waals surface area contributed by atoms with Crippen molar-refractivity contribution in [3.63, 3.8) is 0 Å². The van der Waals surface area contributed by atoms with Crippen molar-refractivity contribution in [1.29, 1.82) is 0 Å². The number of non-ortho nitro benzene ring substituents is 1. The average molecular weight is 463 g/mol. The van der Waals surface area contributed by atoms with Crippen molar-refractivity contribution in [2.24, 2.45) is 10.5 Å². The molecule has 0 bridgehead atoms. The van der Waals surface area contributed by atoms with Crippen LogP contribution in [0.4, 0.5) is 5.69 Å². The first-order valence-corrected chi connectivity index (χ1v) is 10.7. The highest BCUT2D eigenvalue weighted by Crippen LogP contribution is 2.62. The predicted octanol–water partition coefficient (Wildman–Crippen LogP) is 2.86. The molecule has 0 aromatic heterocycles. The molecule has 3 atom stereocenters. The molecule has 2 aromatic carbocycles. The van der Waals surface area contributed by atoms with Crippen molar-refractivity contribution in [1.82, 2.24) is 5.01 Å². The van der Waals surface area contributed by atoms with E-state index in [9.17, 15) is 24.5 Å². The van der Waals surface area contributed by atoms with Crippen molar-refractivity contribution in [2.75, 3.05) is 0 Å². The van der Waals surface area contributed by atoms with Gasteiger partial charge >= 0.3 is 11.9 Å². The highest BCUT2D eigenvalue weighted by atomic mass is 16.7. The van der Waals surface area contributed by atoms with Crippen LogP contribution >= 0.6 is 0 Å². The fourth-order valence-corrected chi connectivity index (χ4v) is 5.34. The Balaban J connectivity index is 1.80. The smallest absolute Gasteiger partial charge is 0.330 e. The second-order valence-corrected chi connectivity index (χ2v) is 9.09. The van der Waals surface area contributed by atoms with E-state index in [1.54, 1.807) is 30.5 Å². The lowest BCUT2D eigenvalue weighted by Gasteiger charge is -2.44. The number of carbonyl (C=O) groups excluding carboxylic acids is 3. The number of nitro groups is 1. The molecule has 1 spiro atoms. The van der Waals surface area contributed by atoms with E-state index in [0.29, 0.717) is 16.7 Å². The number of rotatable bonds is 3. The Kier molecular flexibility index (Phi) is 4.61.